The second-order valence-corrected chi connectivity index (χ2v) is 7.48. The van der Waals surface area contributed by atoms with Gasteiger partial charge in [0, 0.05) is 14.1 Å². The Morgan fingerprint density at radius 2 is 1.93 bits per heavy atom. The molecule has 0 aliphatic rings. The first-order valence-corrected chi connectivity index (χ1v) is 9.66. The van der Waals surface area contributed by atoms with Crippen LogP contribution in [0.2, 0.25) is 5.02 Å². The van der Waals surface area contributed by atoms with E-state index in [-0.39, 0.29) is 32.0 Å². The predicted molar refractivity (Wildman–Crippen MR) is 107 cm³/mol. The van der Waals surface area contributed by atoms with Crippen molar-refractivity contribution < 1.29 is 13.9 Å². The van der Waals surface area contributed by atoms with E-state index in [1.807, 2.05) is 0 Å². The van der Waals surface area contributed by atoms with Gasteiger partial charge < -0.3 is 4.74 Å². The second kappa shape index (κ2) is 7.97. The highest BCUT2D eigenvalue weighted by Crippen LogP contribution is 2.31. The number of hydrogen-bond acceptors (Lipinski definition) is 8. The number of ether oxygens (including phenoxy) is 1. The number of carbonyl (C=O) groups is 1. The van der Waals surface area contributed by atoms with Gasteiger partial charge in [-0.2, -0.15) is 4.57 Å². The maximum absolute atomic E-state index is 14.6. The molecular weight excluding hydrogens is 445 g/mol. The van der Waals surface area contributed by atoms with Crippen LogP contribution in [0, 0.1) is 10.6 Å². The minimum absolute atomic E-state index is 0.00247. The summed E-state index contributed by atoms with van der Waals surface area (Å²) >= 11 is 12.0. The molecule has 0 amide bonds. The second-order valence-electron chi connectivity index (χ2n) is 5.68. The molecule has 0 bridgehead atoms. The van der Waals surface area contributed by atoms with Crippen molar-refractivity contribution in [2.24, 2.45) is 14.1 Å². The van der Waals surface area contributed by atoms with Crippen LogP contribution in [-0.2, 0) is 18.8 Å². The SMILES string of the molecule is CCOC(=O)c1cnc(-c2nc(-n3c(=O)n(C)c(=S)n(C)c3=O)c(F)cc2Cl)s1. The Balaban J connectivity index is 2.24. The molecule has 0 unspecified atom stereocenters. The Labute approximate surface area is 176 Å². The van der Waals surface area contributed by atoms with E-state index in [4.69, 9.17) is 28.6 Å². The Morgan fingerprint density at radius 3 is 2.52 bits per heavy atom. The fraction of sp³-hybridized carbons (Fsp3) is 0.250. The molecule has 3 aromatic rings. The quantitative estimate of drug-likeness (QED) is 0.436. The zero-order valence-electron chi connectivity index (χ0n) is 15.3. The maximum Gasteiger partial charge on any atom is 0.349 e. The zero-order chi connectivity index (χ0) is 21.5. The Kier molecular flexibility index (Phi) is 5.78. The number of carbonyl (C=O) groups excluding carboxylic acids is 1. The number of thiazole rings is 1. The van der Waals surface area contributed by atoms with E-state index in [0.717, 1.165) is 26.5 Å². The fourth-order valence-corrected chi connectivity index (χ4v) is 3.65. The molecule has 0 aliphatic heterocycles. The summed E-state index contributed by atoms with van der Waals surface area (Å²) in [5.74, 6) is -2.13. The zero-order valence-corrected chi connectivity index (χ0v) is 17.7. The molecule has 0 radical (unpaired) electrons. The van der Waals surface area contributed by atoms with Gasteiger partial charge in [-0.1, -0.05) is 11.6 Å². The summed E-state index contributed by atoms with van der Waals surface area (Å²) in [6.07, 6.45) is 1.27. The van der Waals surface area contributed by atoms with Crippen molar-refractivity contribution in [1.82, 2.24) is 23.7 Å². The van der Waals surface area contributed by atoms with Gasteiger partial charge in [0.1, 0.15) is 15.6 Å². The maximum atomic E-state index is 14.6. The lowest BCUT2D eigenvalue weighted by Gasteiger charge is -2.11. The molecule has 13 heteroatoms. The molecule has 0 N–H and O–H groups in total. The van der Waals surface area contributed by atoms with Crippen molar-refractivity contribution in [1.29, 1.82) is 0 Å². The third kappa shape index (κ3) is 3.66. The van der Waals surface area contributed by atoms with Crippen molar-refractivity contribution >= 4 is 41.1 Å². The average Bonchev–Trinajstić information content (AvgIpc) is 3.16. The van der Waals surface area contributed by atoms with Gasteiger partial charge >= 0.3 is 17.3 Å². The van der Waals surface area contributed by atoms with E-state index in [2.05, 4.69) is 9.97 Å². The summed E-state index contributed by atoms with van der Waals surface area (Å²) in [4.78, 5) is 45.3. The molecule has 0 atom stereocenters. The van der Waals surface area contributed by atoms with Crippen molar-refractivity contribution in [3.05, 3.63) is 53.7 Å². The normalized spacial score (nSPS) is 10.9. The molecule has 3 rings (SSSR count). The molecule has 3 heterocycles. The Hall–Kier alpha value is -2.70. The molecule has 152 valence electrons. The van der Waals surface area contributed by atoms with E-state index in [9.17, 15) is 18.8 Å². The number of halogens is 2. The summed E-state index contributed by atoms with van der Waals surface area (Å²) in [6, 6.07) is 0.915. The smallest absolute Gasteiger partial charge is 0.349 e. The highest BCUT2D eigenvalue weighted by atomic mass is 35.5. The third-order valence-corrected chi connectivity index (χ3v) is 5.66. The van der Waals surface area contributed by atoms with Crippen molar-refractivity contribution in [2.75, 3.05) is 6.61 Å². The van der Waals surface area contributed by atoms with E-state index in [1.165, 1.54) is 20.3 Å². The van der Waals surface area contributed by atoms with Crippen molar-refractivity contribution in [3.63, 3.8) is 0 Å². The van der Waals surface area contributed by atoms with E-state index < -0.39 is 29.0 Å². The number of rotatable bonds is 4. The molecule has 9 nitrogen and oxygen atoms in total. The number of aromatic nitrogens is 5. The van der Waals surface area contributed by atoms with Gasteiger partial charge in [0.2, 0.25) is 0 Å². The molecule has 29 heavy (non-hydrogen) atoms. The number of pyridine rings is 1. The molecule has 0 aromatic carbocycles. The van der Waals surface area contributed by atoms with Gasteiger partial charge in [-0.05, 0) is 25.2 Å². The molecule has 0 saturated heterocycles. The summed E-state index contributed by atoms with van der Waals surface area (Å²) in [7, 11) is 2.70. The first-order valence-electron chi connectivity index (χ1n) is 8.06. The van der Waals surface area contributed by atoms with Gasteiger partial charge in [0.15, 0.2) is 16.4 Å². The van der Waals surface area contributed by atoms with E-state index in [1.54, 1.807) is 6.92 Å². The van der Waals surface area contributed by atoms with Gasteiger partial charge in [-0.25, -0.2) is 28.7 Å². The molecule has 3 aromatic heterocycles. The van der Waals surface area contributed by atoms with Gasteiger partial charge in [0.25, 0.3) is 0 Å². The van der Waals surface area contributed by atoms with Crippen LogP contribution in [-0.4, -0.2) is 36.2 Å². The molecule has 0 spiro atoms. The molecular formula is C16H13ClFN5O4S2. The van der Waals surface area contributed by atoms with E-state index in [0.29, 0.717) is 4.57 Å². The highest BCUT2D eigenvalue weighted by molar-refractivity contribution is 7.71. The summed E-state index contributed by atoms with van der Waals surface area (Å²) in [5.41, 5.74) is -1.74. The monoisotopic (exact) mass is 457 g/mol. The standard InChI is InChI=1S/C16H13ClFN5O4S2/c1-4-27-13(24)9-6-19-12(29-9)10-7(17)5-8(18)11(20-10)23-14(25)21(2)16(28)22(3)15(23)26/h5-6H,4H2,1-3H3. The molecule has 0 aliphatic carbocycles. The minimum atomic E-state index is -0.989. The Bertz CT molecular complexity index is 1270. The van der Waals surface area contributed by atoms with Gasteiger partial charge in [-0.15, -0.1) is 11.3 Å². The fourth-order valence-electron chi connectivity index (χ4n) is 2.40. The molecule has 0 saturated carbocycles. The van der Waals surface area contributed by atoms with Crippen molar-refractivity contribution in [3.8, 4) is 16.5 Å². The van der Waals surface area contributed by atoms with Crippen LogP contribution in [0.5, 0.6) is 0 Å². The van der Waals surface area contributed by atoms with Crippen molar-refractivity contribution in [2.45, 2.75) is 6.92 Å². The predicted octanol–water partition coefficient (Wildman–Crippen LogP) is 2.09. The van der Waals surface area contributed by atoms with Gasteiger partial charge in [0.05, 0.1) is 17.8 Å². The van der Waals surface area contributed by atoms with Crippen LogP contribution in [0.15, 0.2) is 21.9 Å². The number of hydrogen-bond donors (Lipinski definition) is 0. The lowest BCUT2D eigenvalue weighted by Crippen LogP contribution is -2.44. The lowest BCUT2D eigenvalue weighted by molar-refractivity contribution is 0.0532. The Morgan fingerprint density at radius 1 is 1.31 bits per heavy atom. The highest BCUT2D eigenvalue weighted by Gasteiger charge is 2.21. The average molecular weight is 458 g/mol. The van der Waals surface area contributed by atoms with Crippen LogP contribution >= 0.6 is 35.2 Å². The summed E-state index contributed by atoms with van der Waals surface area (Å²) < 4.78 is 22.0. The molecule has 0 fully saturated rings. The first kappa shape index (κ1) is 21.0. The number of esters is 1. The number of nitrogens with zero attached hydrogens (tertiary/aromatic N) is 5. The third-order valence-electron chi connectivity index (χ3n) is 3.84. The van der Waals surface area contributed by atoms with Gasteiger partial charge in [-0.3, -0.25) is 9.13 Å². The minimum Gasteiger partial charge on any atom is -0.462 e. The lowest BCUT2D eigenvalue weighted by atomic mass is 10.3. The first-order chi connectivity index (χ1) is 13.7. The topological polar surface area (TPSA) is 101 Å². The summed E-state index contributed by atoms with van der Waals surface area (Å²) in [6.45, 7) is 1.85. The van der Waals surface area contributed by atoms with Crippen LogP contribution in [0.25, 0.3) is 16.5 Å². The summed E-state index contributed by atoms with van der Waals surface area (Å²) in [5, 5.41) is 0.0820. The van der Waals surface area contributed by atoms with Crippen LogP contribution in [0.3, 0.4) is 0 Å². The van der Waals surface area contributed by atoms with Crippen LogP contribution in [0.4, 0.5) is 4.39 Å². The largest absolute Gasteiger partial charge is 0.462 e. The van der Waals surface area contributed by atoms with E-state index >= 15 is 0 Å². The van der Waals surface area contributed by atoms with Crippen LogP contribution in [0.1, 0.15) is 16.6 Å². The van der Waals surface area contributed by atoms with Crippen LogP contribution < -0.4 is 11.4 Å².